The lowest BCUT2D eigenvalue weighted by Gasteiger charge is -2.23. The molecule has 0 bridgehead atoms. The van der Waals surface area contributed by atoms with E-state index in [1.165, 1.54) is 30.6 Å². The van der Waals surface area contributed by atoms with Crippen LogP contribution in [0.5, 0.6) is 11.6 Å². The van der Waals surface area contributed by atoms with Crippen LogP contribution in [-0.4, -0.2) is 42.6 Å². The third-order valence-electron chi connectivity index (χ3n) is 6.41. The van der Waals surface area contributed by atoms with E-state index in [-0.39, 0.29) is 34.2 Å². The summed E-state index contributed by atoms with van der Waals surface area (Å²) in [7, 11) is -4.08. The first-order valence-electron chi connectivity index (χ1n) is 12.2. The van der Waals surface area contributed by atoms with E-state index in [2.05, 4.69) is 19.7 Å². The summed E-state index contributed by atoms with van der Waals surface area (Å²) >= 11 is 0. The van der Waals surface area contributed by atoms with Crippen LogP contribution >= 0.6 is 0 Å². The maximum absolute atomic E-state index is 13.5. The van der Waals surface area contributed by atoms with Crippen LogP contribution in [-0.2, 0) is 14.8 Å². The van der Waals surface area contributed by atoms with Crippen molar-refractivity contribution in [1.29, 1.82) is 5.26 Å². The number of hydrogen-bond donors (Lipinski definition) is 1. The number of alkyl halides is 2. The average molecular weight is 542 g/mol. The average Bonchev–Trinajstić information content (AvgIpc) is 3.75. The van der Waals surface area contributed by atoms with E-state index in [0.29, 0.717) is 54.1 Å². The number of nitrogens with one attached hydrogen (secondary N) is 1. The Morgan fingerprint density at radius 2 is 1.89 bits per heavy atom. The first kappa shape index (κ1) is 26.1. The number of rotatable bonds is 8. The van der Waals surface area contributed by atoms with Gasteiger partial charge in [-0.15, -0.1) is 0 Å². The maximum Gasteiger partial charge on any atom is 0.280 e. The highest BCUT2D eigenvalue weighted by Crippen LogP contribution is 2.46. The van der Waals surface area contributed by atoms with Gasteiger partial charge in [0.05, 0.1) is 17.0 Å². The van der Waals surface area contributed by atoms with Gasteiger partial charge >= 0.3 is 0 Å². The van der Waals surface area contributed by atoms with Gasteiger partial charge in [-0.3, -0.25) is 4.98 Å². The van der Waals surface area contributed by atoms with Gasteiger partial charge in [-0.2, -0.15) is 5.26 Å². The smallest absolute Gasteiger partial charge is 0.280 e. The van der Waals surface area contributed by atoms with E-state index in [9.17, 15) is 22.5 Å². The fourth-order valence-corrected chi connectivity index (χ4v) is 5.66. The standard InChI is InChI=1S/C26H25F2N5O4S/c1-15-10-21(25(27)28)31-23(17-2-3-17)24(15)37-26-22(38(34,35)33-19-6-8-36-9-7-19)5-4-20(32-26)18-11-16(12-29)13-30-14-18/h4-5,10-11,13-14,17,19,25,33H,2-3,6-9H2,1H3. The molecule has 0 radical (unpaired) electrons. The predicted octanol–water partition coefficient (Wildman–Crippen LogP) is 4.78. The molecular weight excluding hydrogens is 516 g/mol. The Labute approximate surface area is 218 Å². The maximum atomic E-state index is 13.5. The Kier molecular flexibility index (Phi) is 7.34. The highest BCUT2D eigenvalue weighted by Gasteiger charge is 2.33. The first-order valence-corrected chi connectivity index (χ1v) is 13.7. The number of ether oxygens (including phenoxy) is 2. The van der Waals surface area contributed by atoms with Crippen molar-refractivity contribution in [2.75, 3.05) is 13.2 Å². The summed E-state index contributed by atoms with van der Waals surface area (Å²) in [5.41, 5.74) is 1.54. The molecule has 0 atom stereocenters. The molecule has 2 aliphatic rings. The van der Waals surface area contributed by atoms with E-state index in [1.54, 1.807) is 13.0 Å². The normalized spacial score (nSPS) is 16.4. The summed E-state index contributed by atoms with van der Waals surface area (Å²) in [6.07, 6.45) is 2.74. The Balaban J connectivity index is 1.60. The van der Waals surface area contributed by atoms with Gasteiger partial charge in [-0.1, -0.05) is 0 Å². The lowest BCUT2D eigenvalue weighted by molar-refractivity contribution is 0.0832. The Morgan fingerprint density at radius 1 is 1.13 bits per heavy atom. The third kappa shape index (κ3) is 5.65. The van der Waals surface area contributed by atoms with Crippen molar-refractivity contribution >= 4 is 10.0 Å². The minimum Gasteiger partial charge on any atom is -0.435 e. The van der Waals surface area contributed by atoms with E-state index in [1.807, 2.05) is 6.07 Å². The van der Waals surface area contributed by atoms with Gasteiger partial charge < -0.3 is 9.47 Å². The number of nitrogens with zero attached hydrogens (tertiary/aromatic N) is 4. The summed E-state index contributed by atoms with van der Waals surface area (Å²) < 4.78 is 68.1. The largest absolute Gasteiger partial charge is 0.435 e. The molecular formula is C26H25F2N5O4S. The van der Waals surface area contributed by atoms with Crippen molar-refractivity contribution in [3.05, 3.63) is 59.2 Å². The van der Waals surface area contributed by atoms with Crippen LogP contribution in [0, 0.1) is 18.3 Å². The number of aryl methyl sites for hydroxylation is 1. The molecule has 1 N–H and O–H groups in total. The van der Waals surface area contributed by atoms with E-state index in [0.717, 1.165) is 12.8 Å². The van der Waals surface area contributed by atoms with Gasteiger partial charge in [0.25, 0.3) is 6.43 Å². The zero-order valence-electron chi connectivity index (χ0n) is 20.5. The number of aromatic nitrogens is 3. The molecule has 1 aliphatic carbocycles. The van der Waals surface area contributed by atoms with Crippen LogP contribution in [0.2, 0.25) is 0 Å². The van der Waals surface area contributed by atoms with Gasteiger partial charge in [-0.25, -0.2) is 31.9 Å². The minimum atomic E-state index is -4.08. The number of hydrogen-bond acceptors (Lipinski definition) is 8. The highest BCUT2D eigenvalue weighted by atomic mass is 32.2. The van der Waals surface area contributed by atoms with Gasteiger partial charge in [-0.05, 0) is 62.4 Å². The van der Waals surface area contributed by atoms with Crippen molar-refractivity contribution in [1.82, 2.24) is 19.7 Å². The highest BCUT2D eigenvalue weighted by molar-refractivity contribution is 7.89. The van der Waals surface area contributed by atoms with Gasteiger partial charge in [0, 0.05) is 43.1 Å². The molecule has 9 nitrogen and oxygen atoms in total. The molecule has 3 aromatic rings. The van der Waals surface area contributed by atoms with Crippen LogP contribution < -0.4 is 9.46 Å². The summed E-state index contributed by atoms with van der Waals surface area (Å²) in [6, 6.07) is 7.41. The molecule has 198 valence electrons. The molecule has 0 spiro atoms. The summed E-state index contributed by atoms with van der Waals surface area (Å²) in [6.45, 7) is 2.51. The molecule has 4 heterocycles. The SMILES string of the molecule is Cc1cc(C(F)F)nc(C2CC2)c1Oc1nc(-c2cncc(C#N)c2)ccc1S(=O)(=O)NC1CCOCC1. The monoisotopic (exact) mass is 541 g/mol. The van der Waals surface area contributed by atoms with E-state index >= 15 is 0 Å². The van der Waals surface area contributed by atoms with Crippen molar-refractivity contribution in [2.45, 2.75) is 55.9 Å². The second-order valence-electron chi connectivity index (χ2n) is 9.34. The lowest BCUT2D eigenvalue weighted by atomic mass is 10.1. The second kappa shape index (κ2) is 10.7. The van der Waals surface area contributed by atoms with Crippen molar-refractivity contribution in [3.63, 3.8) is 0 Å². The topological polar surface area (TPSA) is 127 Å². The van der Waals surface area contributed by atoms with Crippen LogP contribution in [0.3, 0.4) is 0 Å². The van der Waals surface area contributed by atoms with E-state index < -0.39 is 16.4 Å². The number of halogens is 2. The second-order valence-corrected chi connectivity index (χ2v) is 11.0. The van der Waals surface area contributed by atoms with Gasteiger partial charge in [0.2, 0.25) is 15.9 Å². The molecule has 3 aromatic heterocycles. The number of sulfonamides is 1. The molecule has 1 aliphatic heterocycles. The van der Waals surface area contributed by atoms with Crippen molar-refractivity contribution < 1.29 is 26.7 Å². The molecule has 0 unspecified atom stereocenters. The molecule has 12 heteroatoms. The molecule has 0 aromatic carbocycles. The molecule has 2 fully saturated rings. The fraction of sp³-hybridized carbons (Fsp3) is 0.385. The zero-order chi connectivity index (χ0) is 26.9. The number of pyridine rings is 3. The summed E-state index contributed by atoms with van der Waals surface area (Å²) in [4.78, 5) is 12.5. The molecule has 5 rings (SSSR count). The Morgan fingerprint density at radius 3 is 2.58 bits per heavy atom. The minimum absolute atomic E-state index is 0.0532. The quantitative estimate of drug-likeness (QED) is 0.432. The van der Waals surface area contributed by atoms with Crippen LogP contribution in [0.4, 0.5) is 8.78 Å². The predicted molar refractivity (Wildman–Crippen MR) is 132 cm³/mol. The van der Waals surface area contributed by atoms with Crippen LogP contribution in [0.15, 0.2) is 41.6 Å². The lowest BCUT2D eigenvalue weighted by Crippen LogP contribution is -2.39. The van der Waals surface area contributed by atoms with Gasteiger partial charge in [0.15, 0.2) is 5.75 Å². The zero-order valence-corrected chi connectivity index (χ0v) is 21.3. The Bertz CT molecular complexity index is 1500. The van der Waals surface area contributed by atoms with Gasteiger partial charge in [0.1, 0.15) is 16.7 Å². The van der Waals surface area contributed by atoms with Crippen molar-refractivity contribution in [3.8, 4) is 29.0 Å². The van der Waals surface area contributed by atoms with Crippen LogP contribution in [0.1, 0.15) is 60.5 Å². The van der Waals surface area contributed by atoms with Crippen LogP contribution in [0.25, 0.3) is 11.3 Å². The fourth-order valence-electron chi connectivity index (χ4n) is 4.29. The third-order valence-corrected chi connectivity index (χ3v) is 7.95. The van der Waals surface area contributed by atoms with E-state index in [4.69, 9.17) is 9.47 Å². The number of nitriles is 1. The Hall–Kier alpha value is -3.53. The molecule has 1 saturated carbocycles. The molecule has 1 saturated heterocycles. The molecule has 0 amide bonds. The van der Waals surface area contributed by atoms with Crippen molar-refractivity contribution in [2.24, 2.45) is 0 Å². The molecule has 38 heavy (non-hydrogen) atoms. The summed E-state index contributed by atoms with van der Waals surface area (Å²) in [5.74, 6) is -0.0588. The first-order chi connectivity index (χ1) is 18.2. The summed E-state index contributed by atoms with van der Waals surface area (Å²) in [5, 5.41) is 9.25.